The van der Waals surface area contributed by atoms with Crippen molar-refractivity contribution in [1.29, 1.82) is 5.26 Å². The Bertz CT molecular complexity index is 1340. The van der Waals surface area contributed by atoms with E-state index < -0.39 is 36.6 Å². The molecule has 0 radical (unpaired) electrons. The molecule has 1 aliphatic rings. The van der Waals surface area contributed by atoms with Gasteiger partial charge in [0.2, 0.25) is 0 Å². The Labute approximate surface area is 181 Å². The Balaban J connectivity index is 1.85. The second-order valence-corrected chi connectivity index (χ2v) is 7.82. The first-order valence-electron chi connectivity index (χ1n) is 9.80. The first kappa shape index (κ1) is 21.2. The van der Waals surface area contributed by atoms with Crippen LogP contribution in [0.3, 0.4) is 0 Å². The third kappa shape index (κ3) is 3.62. The molecular weight excluding hydrogens is 420 g/mol. The minimum absolute atomic E-state index is 0.0772. The molecule has 164 valence electrons. The smallest absolute Gasteiger partial charge is 0.337 e. The number of aryl methyl sites for hydroxylation is 1. The minimum Gasteiger partial charge on any atom is -0.478 e. The van der Waals surface area contributed by atoms with E-state index in [0.29, 0.717) is 16.8 Å². The maximum atomic E-state index is 13.4. The topological polar surface area (TPSA) is 111 Å². The van der Waals surface area contributed by atoms with Crippen molar-refractivity contribution in [1.82, 2.24) is 9.38 Å². The number of halogens is 2. The number of aromatic carboxylic acids is 1. The number of nitrogens with zero attached hydrogens (tertiary/aromatic N) is 4. The van der Waals surface area contributed by atoms with Crippen molar-refractivity contribution < 1.29 is 18.7 Å². The second kappa shape index (κ2) is 7.60. The number of carboxylic acids is 1. The molecule has 10 heteroatoms. The molecule has 3 heterocycles. The highest BCUT2D eigenvalue weighted by Crippen LogP contribution is 2.33. The highest BCUT2D eigenvalue weighted by molar-refractivity contribution is 5.94. The van der Waals surface area contributed by atoms with Gasteiger partial charge in [-0.05, 0) is 37.6 Å². The number of benzene rings is 1. The summed E-state index contributed by atoms with van der Waals surface area (Å²) in [6.45, 7) is 2.30. The maximum Gasteiger partial charge on any atom is 0.337 e. The highest BCUT2D eigenvalue weighted by Gasteiger charge is 2.45. The lowest BCUT2D eigenvalue weighted by atomic mass is 10.1. The van der Waals surface area contributed by atoms with Crippen molar-refractivity contribution in [3.63, 3.8) is 0 Å². The molecule has 1 aliphatic heterocycles. The van der Waals surface area contributed by atoms with E-state index in [2.05, 4.69) is 10.3 Å². The van der Waals surface area contributed by atoms with Gasteiger partial charge < -0.3 is 15.3 Å². The number of para-hydroxylation sites is 1. The van der Waals surface area contributed by atoms with Crippen LogP contribution in [0.1, 0.15) is 40.0 Å². The number of carbonyl (C=O) groups is 1. The molecule has 0 amide bonds. The van der Waals surface area contributed by atoms with Crippen LogP contribution in [0.4, 0.5) is 20.3 Å². The van der Waals surface area contributed by atoms with Crippen LogP contribution in [0, 0.1) is 18.3 Å². The van der Waals surface area contributed by atoms with Crippen molar-refractivity contribution in [3.05, 3.63) is 69.1 Å². The fraction of sp³-hybridized carbons (Fsp3) is 0.273. The first-order valence-corrected chi connectivity index (χ1v) is 9.80. The Kier molecular flexibility index (Phi) is 5.05. The van der Waals surface area contributed by atoms with E-state index in [4.69, 9.17) is 0 Å². The van der Waals surface area contributed by atoms with Gasteiger partial charge in [-0.25, -0.2) is 18.6 Å². The van der Waals surface area contributed by atoms with Crippen molar-refractivity contribution in [2.24, 2.45) is 0 Å². The molecule has 0 saturated carbocycles. The molecule has 1 saturated heterocycles. The van der Waals surface area contributed by atoms with Gasteiger partial charge in [-0.15, -0.1) is 0 Å². The zero-order valence-corrected chi connectivity index (χ0v) is 17.3. The van der Waals surface area contributed by atoms with E-state index in [1.807, 2.05) is 0 Å². The fourth-order valence-electron chi connectivity index (χ4n) is 3.81. The van der Waals surface area contributed by atoms with Crippen LogP contribution in [0.2, 0.25) is 0 Å². The number of nitrogens with one attached hydrogen (secondary N) is 1. The molecule has 0 unspecified atom stereocenters. The van der Waals surface area contributed by atoms with Crippen LogP contribution in [0.15, 0.2) is 41.3 Å². The highest BCUT2D eigenvalue weighted by atomic mass is 19.3. The van der Waals surface area contributed by atoms with Crippen molar-refractivity contribution in [3.8, 4) is 6.07 Å². The van der Waals surface area contributed by atoms with E-state index >= 15 is 0 Å². The molecule has 4 rings (SSSR count). The molecule has 1 atom stereocenters. The van der Waals surface area contributed by atoms with E-state index in [9.17, 15) is 28.7 Å². The minimum atomic E-state index is -2.90. The molecule has 1 fully saturated rings. The van der Waals surface area contributed by atoms with Crippen LogP contribution in [0.5, 0.6) is 0 Å². The SMILES string of the molecule is Cc1cc([C@@H](C)Nc2ccccc2C(=O)O)c2nc(N3CC(F)(F)C3)c(C#N)c(=O)n2c1. The van der Waals surface area contributed by atoms with Crippen LogP contribution in [-0.2, 0) is 0 Å². The summed E-state index contributed by atoms with van der Waals surface area (Å²) >= 11 is 0. The lowest BCUT2D eigenvalue weighted by Gasteiger charge is -2.39. The Morgan fingerprint density at radius 2 is 2.03 bits per heavy atom. The summed E-state index contributed by atoms with van der Waals surface area (Å²) in [4.78, 5) is 30.2. The number of hydrogen-bond donors (Lipinski definition) is 2. The third-order valence-corrected chi connectivity index (χ3v) is 5.32. The summed E-state index contributed by atoms with van der Waals surface area (Å²) in [7, 11) is 0. The van der Waals surface area contributed by atoms with Gasteiger partial charge in [0, 0.05) is 17.4 Å². The number of pyridine rings is 1. The van der Waals surface area contributed by atoms with E-state index in [-0.39, 0.29) is 22.6 Å². The number of carboxylic acid groups (broad SMARTS) is 1. The summed E-state index contributed by atoms with van der Waals surface area (Å²) in [6.07, 6.45) is 1.53. The fourth-order valence-corrected chi connectivity index (χ4v) is 3.81. The van der Waals surface area contributed by atoms with E-state index in [1.165, 1.54) is 21.6 Å². The van der Waals surface area contributed by atoms with E-state index in [1.54, 1.807) is 44.2 Å². The van der Waals surface area contributed by atoms with Gasteiger partial charge in [0.15, 0.2) is 11.4 Å². The zero-order valence-electron chi connectivity index (χ0n) is 17.3. The van der Waals surface area contributed by atoms with Crippen LogP contribution < -0.4 is 15.8 Å². The lowest BCUT2D eigenvalue weighted by Crippen LogP contribution is -2.57. The number of rotatable bonds is 5. The molecule has 0 spiro atoms. The quantitative estimate of drug-likeness (QED) is 0.628. The van der Waals surface area contributed by atoms with Gasteiger partial charge in [-0.1, -0.05) is 12.1 Å². The van der Waals surface area contributed by atoms with Gasteiger partial charge in [0.25, 0.3) is 11.5 Å². The molecular formula is C22H19F2N5O3. The molecule has 2 aromatic heterocycles. The average Bonchev–Trinajstić information content (AvgIpc) is 2.72. The molecule has 1 aromatic carbocycles. The number of hydrogen-bond acceptors (Lipinski definition) is 6. The monoisotopic (exact) mass is 439 g/mol. The first-order chi connectivity index (χ1) is 15.1. The van der Waals surface area contributed by atoms with E-state index in [0.717, 1.165) is 0 Å². The van der Waals surface area contributed by atoms with Gasteiger partial charge >= 0.3 is 5.97 Å². The summed E-state index contributed by atoms with van der Waals surface area (Å²) in [5.74, 6) is -4.07. The van der Waals surface area contributed by atoms with Gasteiger partial charge in [0.1, 0.15) is 11.7 Å². The Morgan fingerprint density at radius 1 is 1.34 bits per heavy atom. The number of aromatic nitrogens is 2. The van der Waals surface area contributed by atoms with Crippen LogP contribution in [-0.4, -0.2) is 39.5 Å². The van der Waals surface area contributed by atoms with Gasteiger partial charge in [-0.2, -0.15) is 5.26 Å². The maximum absolute atomic E-state index is 13.4. The van der Waals surface area contributed by atoms with Crippen molar-refractivity contribution in [2.75, 3.05) is 23.3 Å². The van der Waals surface area contributed by atoms with Gasteiger partial charge in [-0.3, -0.25) is 9.20 Å². The summed E-state index contributed by atoms with van der Waals surface area (Å²) < 4.78 is 28.1. The molecule has 32 heavy (non-hydrogen) atoms. The number of anilines is 2. The average molecular weight is 439 g/mol. The summed E-state index contributed by atoms with van der Waals surface area (Å²) in [5.41, 5.74) is 0.987. The molecule has 3 aromatic rings. The van der Waals surface area contributed by atoms with Crippen molar-refractivity contribution in [2.45, 2.75) is 25.8 Å². The Hall–Kier alpha value is -4.00. The van der Waals surface area contributed by atoms with Crippen molar-refractivity contribution >= 4 is 23.1 Å². The predicted molar refractivity (Wildman–Crippen MR) is 114 cm³/mol. The predicted octanol–water partition coefficient (Wildman–Crippen LogP) is 3.20. The standard InChI is InChI=1S/C22H19F2N5O3/c1-12-7-15(13(2)26-17-6-4-3-5-14(17)21(31)32)19-27-18(28-10-22(23,24)11-28)16(8-25)20(30)29(19)9-12/h3-7,9,13,26H,10-11H2,1-2H3,(H,31,32)/t13-/m1/s1. The number of alkyl halides is 2. The number of nitriles is 1. The van der Waals surface area contributed by atoms with Crippen LogP contribution in [0.25, 0.3) is 5.65 Å². The molecule has 8 nitrogen and oxygen atoms in total. The number of fused-ring (bicyclic) bond motifs is 1. The largest absolute Gasteiger partial charge is 0.478 e. The molecule has 0 aliphatic carbocycles. The summed E-state index contributed by atoms with van der Waals surface area (Å²) in [6, 6.07) is 9.49. The second-order valence-electron chi connectivity index (χ2n) is 7.82. The normalized spacial score (nSPS) is 15.7. The molecule has 0 bridgehead atoms. The zero-order chi connectivity index (χ0) is 23.2. The molecule has 2 N–H and O–H groups in total. The Morgan fingerprint density at radius 3 is 2.66 bits per heavy atom. The summed E-state index contributed by atoms with van der Waals surface area (Å²) in [5, 5.41) is 22.1. The van der Waals surface area contributed by atoms with Gasteiger partial charge in [0.05, 0.1) is 24.7 Å². The van der Waals surface area contributed by atoms with Crippen LogP contribution >= 0.6 is 0 Å². The lowest BCUT2D eigenvalue weighted by molar-refractivity contribution is -0.0267. The third-order valence-electron chi connectivity index (χ3n) is 5.32.